The lowest BCUT2D eigenvalue weighted by Crippen LogP contribution is -2.37. The largest absolute Gasteiger partial charge is 0.385 e. The summed E-state index contributed by atoms with van der Waals surface area (Å²) in [4.78, 5) is 0. The van der Waals surface area contributed by atoms with Crippen LogP contribution in [0.25, 0.3) is 0 Å². The molecule has 0 saturated carbocycles. The van der Waals surface area contributed by atoms with E-state index in [2.05, 4.69) is 5.43 Å². The van der Waals surface area contributed by atoms with Gasteiger partial charge in [-0.3, -0.25) is 11.3 Å². The second-order valence-electron chi connectivity index (χ2n) is 3.58. The van der Waals surface area contributed by atoms with Crippen LogP contribution in [0.2, 0.25) is 10.0 Å². The molecule has 0 aromatic heterocycles. The van der Waals surface area contributed by atoms with Crippen molar-refractivity contribution in [3.05, 3.63) is 33.8 Å². The van der Waals surface area contributed by atoms with Crippen molar-refractivity contribution >= 4 is 23.2 Å². The van der Waals surface area contributed by atoms with E-state index in [0.717, 1.165) is 18.4 Å². The lowest BCUT2D eigenvalue weighted by molar-refractivity contribution is 0.182. The van der Waals surface area contributed by atoms with Crippen LogP contribution in [0.1, 0.15) is 12.0 Å². The van der Waals surface area contributed by atoms with Gasteiger partial charge in [-0.15, -0.1) is 0 Å². The van der Waals surface area contributed by atoms with Gasteiger partial charge in [0.15, 0.2) is 0 Å². The SMILES string of the molecule is COCCC(Cc1ccc(Cl)cc1Cl)NN. The average molecular weight is 263 g/mol. The first-order valence-electron chi connectivity index (χ1n) is 5.06. The standard InChI is InChI=1S/C11H16Cl2N2O/c1-16-5-4-10(15-14)6-8-2-3-9(12)7-11(8)13/h2-3,7,10,15H,4-6,14H2,1H3. The van der Waals surface area contributed by atoms with Crippen molar-refractivity contribution in [2.45, 2.75) is 18.9 Å². The van der Waals surface area contributed by atoms with E-state index >= 15 is 0 Å². The number of hydrogen-bond acceptors (Lipinski definition) is 3. The Hall–Kier alpha value is -0.320. The van der Waals surface area contributed by atoms with Crippen LogP contribution in [-0.2, 0) is 11.2 Å². The molecule has 1 aromatic rings. The molecule has 0 aliphatic carbocycles. The molecule has 90 valence electrons. The van der Waals surface area contributed by atoms with E-state index in [1.54, 1.807) is 13.2 Å². The predicted molar refractivity (Wildman–Crippen MR) is 67.8 cm³/mol. The highest BCUT2D eigenvalue weighted by atomic mass is 35.5. The third kappa shape index (κ3) is 4.28. The quantitative estimate of drug-likeness (QED) is 0.612. The fourth-order valence-corrected chi connectivity index (χ4v) is 1.94. The van der Waals surface area contributed by atoms with Crippen molar-refractivity contribution in [1.29, 1.82) is 0 Å². The molecule has 1 rings (SSSR count). The molecule has 3 nitrogen and oxygen atoms in total. The minimum absolute atomic E-state index is 0.152. The number of halogens is 2. The maximum atomic E-state index is 6.08. The van der Waals surface area contributed by atoms with Gasteiger partial charge in [0.05, 0.1) is 0 Å². The molecule has 1 aromatic carbocycles. The summed E-state index contributed by atoms with van der Waals surface area (Å²) in [7, 11) is 1.67. The van der Waals surface area contributed by atoms with Gasteiger partial charge in [-0.2, -0.15) is 0 Å². The lowest BCUT2D eigenvalue weighted by atomic mass is 10.0. The third-order valence-electron chi connectivity index (χ3n) is 2.39. The number of ether oxygens (including phenoxy) is 1. The Morgan fingerprint density at radius 3 is 2.75 bits per heavy atom. The first kappa shape index (κ1) is 13.7. The minimum Gasteiger partial charge on any atom is -0.385 e. The van der Waals surface area contributed by atoms with Crippen molar-refractivity contribution < 1.29 is 4.74 Å². The summed E-state index contributed by atoms with van der Waals surface area (Å²) < 4.78 is 5.01. The van der Waals surface area contributed by atoms with Crippen LogP contribution in [-0.4, -0.2) is 19.8 Å². The molecule has 0 heterocycles. The van der Waals surface area contributed by atoms with Crippen LogP contribution < -0.4 is 11.3 Å². The van der Waals surface area contributed by atoms with E-state index in [0.29, 0.717) is 16.7 Å². The van der Waals surface area contributed by atoms with Crippen LogP contribution in [0.5, 0.6) is 0 Å². The predicted octanol–water partition coefficient (Wildman–Crippen LogP) is 2.40. The Labute approximate surface area is 106 Å². The molecular weight excluding hydrogens is 247 g/mol. The number of nitrogens with two attached hydrogens (primary N) is 1. The molecule has 16 heavy (non-hydrogen) atoms. The molecular formula is C11H16Cl2N2O. The van der Waals surface area contributed by atoms with Crippen molar-refractivity contribution in [2.75, 3.05) is 13.7 Å². The zero-order valence-corrected chi connectivity index (χ0v) is 10.7. The molecule has 1 atom stereocenters. The third-order valence-corrected chi connectivity index (χ3v) is 2.97. The monoisotopic (exact) mass is 262 g/mol. The van der Waals surface area contributed by atoms with Crippen LogP contribution in [0.3, 0.4) is 0 Å². The van der Waals surface area contributed by atoms with Crippen molar-refractivity contribution in [3.63, 3.8) is 0 Å². The molecule has 0 bridgehead atoms. The Kier molecular flexibility index (Phi) is 6.09. The van der Waals surface area contributed by atoms with Gasteiger partial charge in [-0.05, 0) is 30.5 Å². The summed E-state index contributed by atoms with van der Waals surface area (Å²) in [5, 5.41) is 1.31. The lowest BCUT2D eigenvalue weighted by Gasteiger charge is -2.16. The van der Waals surface area contributed by atoms with Crippen molar-refractivity contribution in [2.24, 2.45) is 5.84 Å². The van der Waals surface area contributed by atoms with Gasteiger partial charge in [-0.1, -0.05) is 29.3 Å². The Bertz CT molecular complexity index is 334. The number of nitrogens with one attached hydrogen (secondary N) is 1. The van der Waals surface area contributed by atoms with E-state index < -0.39 is 0 Å². The summed E-state index contributed by atoms with van der Waals surface area (Å²) in [5.41, 5.74) is 3.79. The summed E-state index contributed by atoms with van der Waals surface area (Å²) >= 11 is 11.9. The molecule has 0 aliphatic rings. The van der Waals surface area contributed by atoms with Crippen LogP contribution in [0.4, 0.5) is 0 Å². The van der Waals surface area contributed by atoms with Gasteiger partial charge in [0.2, 0.25) is 0 Å². The molecule has 0 amide bonds. The molecule has 0 aliphatic heterocycles. The van der Waals surface area contributed by atoms with E-state index in [4.69, 9.17) is 33.8 Å². The van der Waals surface area contributed by atoms with Crippen molar-refractivity contribution in [1.82, 2.24) is 5.43 Å². The minimum atomic E-state index is 0.152. The zero-order valence-electron chi connectivity index (χ0n) is 9.17. The van der Waals surface area contributed by atoms with Crippen LogP contribution in [0.15, 0.2) is 18.2 Å². The molecule has 5 heteroatoms. The number of hydrogen-bond donors (Lipinski definition) is 2. The van der Waals surface area contributed by atoms with Gasteiger partial charge in [0.1, 0.15) is 0 Å². The fraction of sp³-hybridized carbons (Fsp3) is 0.455. The number of rotatable bonds is 6. The average Bonchev–Trinajstić information content (AvgIpc) is 2.27. The fourth-order valence-electron chi connectivity index (χ4n) is 1.46. The number of methoxy groups -OCH3 is 1. The summed E-state index contributed by atoms with van der Waals surface area (Å²) in [5.74, 6) is 5.47. The van der Waals surface area contributed by atoms with Gasteiger partial charge in [0, 0.05) is 29.8 Å². The molecule has 1 unspecified atom stereocenters. The second-order valence-corrected chi connectivity index (χ2v) is 4.43. The first-order valence-corrected chi connectivity index (χ1v) is 5.82. The molecule has 3 N–H and O–H groups in total. The highest BCUT2D eigenvalue weighted by Crippen LogP contribution is 2.22. The normalized spacial score (nSPS) is 12.8. The molecule has 0 radical (unpaired) electrons. The smallest absolute Gasteiger partial charge is 0.0477 e. The zero-order chi connectivity index (χ0) is 12.0. The van der Waals surface area contributed by atoms with Crippen molar-refractivity contribution in [3.8, 4) is 0 Å². The van der Waals surface area contributed by atoms with E-state index in [1.807, 2.05) is 12.1 Å². The van der Waals surface area contributed by atoms with Crippen LogP contribution >= 0.6 is 23.2 Å². The van der Waals surface area contributed by atoms with Gasteiger partial charge < -0.3 is 4.74 Å². The maximum absolute atomic E-state index is 6.08. The van der Waals surface area contributed by atoms with E-state index in [1.165, 1.54) is 0 Å². The number of hydrazine groups is 1. The highest BCUT2D eigenvalue weighted by molar-refractivity contribution is 6.35. The second kappa shape index (κ2) is 7.09. The van der Waals surface area contributed by atoms with Crippen LogP contribution in [0, 0.1) is 0 Å². The molecule has 0 saturated heterocycles. The summed E-state index contributed by atoms with van der Waals surface area (Å²) in [6.45, 7) is 0.667. The Morgan fingerprint density at radius 2 is 2.19 bits per heavy atom. The topological polar surface area (TPSA) is 47.3 Å². The number of benzene rings is 1. The molecule has 0 spiro atoms. The maximum Gasteiger partial charge on any atom is 0.0477 e. The summed E-state index contributed by atoms with van der Waals surface area (Å²) in [6.07, 6.45) is 1.60. The van der Waals surface area contributed by atoms with E-state index in [9.17, 15) is 0 Å². The van der Waals surface area contributed by atoms with E-state index in [-0.39, 0.29) is 6.04 Å². The molecule has 0 fully saturated rings. The summed E-state index contributed by atoms with van der Waals surface area (Å²) in [6, 6.07) is 5.63. The van der Waals surface area contributed by atoms with Gasteiger partial charge >= 0.3 is 0 Å². The highest BCUT2D eigenvalue weighted by Gasteiger charge is 2.10. The van der Waals surface area contributed by atoms with Gasteiger partial charge in [0.25, 0.3) is 0 Å². The Balaban J connectivity index is 2.62. The van der Waals surface area contributed by atoms with Gasteiger partial charge in [-0.25, -0.2) is 0 Å². The Morgan fingerprint density at radius 1 is 1.44 bits per heavy atom. The first-order chi connectivity index (χ1) is 7.67.